The molecule has 1 aromatic carbocycles. The molecule has 1 heterocycles. The van der Waals surface area contributed by atoms with Crippen LogP contribution < -0.4 is 5.73 Å². The molecule has 2 N–H and O–H groups in total. The number of amides is 2. The maximum absolute atomic E-state index is 12.8. The summed E-state index contributed by atoms with van der Waals surface area (Å²) in [6.45, 7) is 2.48. The Morgan fingerprint density at radius 3 is 2.43 bits per heavy atom. The average Bonchev–Trinajstić information content (AvgIpc) is 3.02. The van der Waals surface area contributed by atoms with Crippen LogP contribution in [0.3, 0.4) is 0 Å². The highest BCUT2D eigenvalue weighted by atomic mass is 35.5. The number of hydrogen-bond acceptors (Lipinski definition) is 3. The van der Waals surface area contributed by atoms with Crippen molar-refractivity contribution in [2.75, 3.05) is 20.6 Å². The topological polar surface area (TPSA) is 66.6 Å². The molecule has 0 radical (unpaired) electrons. The fourth-order valence-corrected chi connectivity index (χ4v) is 2.96. The van der Waals surface area contributed by atoms with Gasteiger partial charge in [-0.2, -0.15) is 0 Å². The third kappa shape index (κ3) is 4.24. The largest absolute Gasteiger partial charge is 0.347 e. The first-order chi connectivity index (χ1) is 10.4. The first-order valence-electron chi connectivity index (χ1n) is 7.75. The van der Waals surface area contributed by atoms with Gasteiger partial charge in [-0.25, -0.2) is 0 Å². The van der Waals surface area contributed by atoms with Crippen molar-refractivity contribution < 1.29 is 9.59 Å². The van der Waals surface area contributed by atoms with Crippen LogP contribution in [0.5, 0.6) is 0 Å². The van der Waals surface area contributed by atoms with E-state index in [1.807, 2.05) is 37.3 Å². The molecule has 1 fully saturated rings. The zero-order valence-corrected chi connectivity index (χ0v) is 14.8. The molecule has 0 spiro atoms. The smallest absolute Gasteiger partial charge is 0.244 e. The standard InChI is InChI=1S/C17H25N3O2.ClH/c1-12(15(18)13-8-5-4-6-9-13)16(21)20-11-7-10-14(20)17(22)19(2)3;/h4-6,8-9,12,14-15H,7,10-11,18H2,1-3H3;1H. The van der Waals surface area contributed by atoms with Crippen molar-refractivity contribution in [2.45, 2.75) is 31.8 Å². The van der Waals surface area contributed by atoms with Crippen LogP contribution in [-0.4, -0.2) is 48.3 Å². The lowest BCUT2D eigenvalue weighted by molar-refractivity contribution is -0.144. The van der Waals surface area contributed by atoms with Gasteiger partial charge in [-0.15, -0.1) is 12.4 Å². The second kappa shape index (κ2) is 8.31. The lowest BCUT2D eigenvalue weighted by atomic mass is 9.94. The molecule has 2 amide bonds. The van der Waals surface area contributed by atoms with E-state index in [-0.39, 0.29) is 42.2 Å². The van der Waals surface area contributed by atoms with Gasteiger partial charge in [0.25, 0.3) is 0 Å². The van der Waals surface area contributed by atoms with Gasteiger partial charge in [0.2, 0.25) is 11.8 Å². The molecule has 3 unspecified atom stereocenters. The molecule has 6 heteroatoms. The third-order valence-electron chi connectivity index (χ3n) is 4.37. The zero-order valence-electron chi connectivity index (χ0n) is 13.9. The number of benzene rings is 1. The van der Waals surface area contributed by atoms with E-state index < -0.39 is 0 Å². The normalized spacial score (nSPS) is 19.7. The minimum absolute atomic E-state index is 0. The minimum atomic E-state index is -0.357. The van der Waals surface area contributed by atoms with E-state index >= 15 is 0 Å². The highest BCUT2D eigenvalue weighted by Gasteiger charge is 2.38. The molecule has 1 aliphatic heterocycles. The Hall–Kier alpha value is -1.59. The Kier molecular flexibility index (Phi) is 7.03. The molecule has 1 aliphatic rings. The van der Waals surface area contributed by atoms with E-state index in [0.717, 1.165) is 18.4 Å². The van der Waals surface area contributed by atoms with Gasteiger partial charge < -0.3 is 15.5 Å². The van der Waals surface area contributed by atoms with Crippen LogP contribution >= 0.6 is 12.4 Å². The van der Waals surface area contributed by atoms with Crippen molar-refractivity contribution in [2.24, 2.45) is 11.7 Å². The molecule has 0 aliphatic carbocycles. The fraction of sp³-hybridized carbons (Fsp3) is 0.529. The van der Waals surface area contributed by atoms with E-state index in [9.17, 15) is 9.59 Å². The van der Waals surface area contributed by atoms with Gasteiger partial charge >= 0.3 is 0 Å². The predicted molar refractivity (Wildman–Crippen MR) is 93.2 cm³/mol. The third-order valence-corrected chi connectivity index (χ3v) is 4.37. The van der Waals surface area contributed by atoms with Gasteiger partial charge in [-0.1, -0.05) is 37.3 Å². The van der Waals surface area contributed by atoms with Crippen molar-refractivity contribution in [3.05, 3.63) is 35.9 Å². The highest BCUT2D eigenvalue weighted by Crippen LogP contribution is 2.26. The number of halogens is 1. The molecule has 3 atom stereocenters. The van der Waals surface area contributed by atoms with Crippen LogP contribution in [0.4, 0.5) is 0 Å². The Bertz CT molecular complexity index is 536. The number of nitrogens with zero attached hydrogens (tertiary/aromatic N) is 2. The van der Waals surface area contributed by atoms with E-state index in [0.29, 0.717) is 6.54 Å². The maximum Gasteiger partial charge on any atom is 0.244 e. The Labute approximate surface area is 144 Å². The SMILES string of the molecule is CC(C(=O)N1CCCC1C(=O)N(C)C)C(N)c1ccccc1.Cl. The molecule has 0 aromatic heterocycles. The summed E-state index contributed by atoms with van der Waals surface area (Å²) in [4.78, 5) is 28.3. The Morgan fingerprint density at radius 1 is 1.26 bits per heavy atom. The van der Waals surface area contributed by atoms with E-state index in [4.69, 9.17) is 5.73 Å². The number of likely N-dealkylation sites (tertiary alicyclic amines) is 1. The van der Waals surface area contributed by atoms with Crippen LogP contribution in [-0.2, 0) is 9.59 Å². The van der Waals surface area contributed by atoms with Crippen molar-refractivity contribution in [1.29, 1.82) is 0 Å². The second-order valence-electron chi connectivity index (χ2n) is 6.15. The second-order valence-corrected chi connectivity index (χ2v) is 6.15. The summed E-state index contributed by atoms with van der Waals surface area (Å²) in [5.74, 6) is -0.390. The van der Waals surface area contributed by atoms with Gasteiger partial charge in [0.05, 0.1) is 5.92 Å². The molecule has 1 saturated heterocycles. The maximum atomic E-state index is 12.8. The first-order valence-corrected chi connectivity index (χ1v) is 7.75. The molecule has 5 nitrogen and oxygen atoms in total. The lowest BCUT2D eigenvalue weighted by Gasteiger charge is -2.30. The summed E-state index contributed by atoms with van der Waals surface area (Å²) in [6.07, 6.45) is 1.60. The molecular formula is C17H26ClN3O2. The summed E-state index contributed by atoms with van der Waals surface area (Å²) in [5.41, 5.74) is 7.19. The van der Waals surface area contributed by atoms with E-state index in [1.54, 1.807) is 23.9 Å². The van der Waals surface area contributed by atoms with Crippen molar-refractivity contribution in [3.63, 3.8) is 0 Å². The number of nitrogens with two attached hydrogens (primary N) is 1. The number of rotatable bonds is 4. The van der Waals surface area contributed by atoms with Gasteiger partial charge in [-0.05, 0) is 18.4 Å². The zero-order chi connectivity index (χ0) is 16.3. The molecule has 128 valence electrons. The van der Waals surface area contributed by atoms with Crippen LogP contribution in [0.25, 0.3) is 0 Å². The summed E-state index contributed by atoms with van der Waals surface area (Å²) in [5, 5.41) is 0. The number of hydrogen-bond donors (Lipinski definition) is 1. The van der Waals surface area contributed by atoms with E-state index in [1.165, 1.54) is 0 Å². The lowest BCUT2D eigenvalue weighted by Crippen LogP contribution is -2.48. The van der Waals surface area contributed by atoms with Crippen LogP contribution in [0, 0.1) is 5.92 Å². The Morgan fingerprint density at radius 2 is 1.87 bits per heavy atom. The fourth-order valence-electron chi connectivity index (χ4n) is 2.96. The Balaban J connectivity index is 0.00000264. The van der Waals surface area contributed by atoms with Crippen LogP contribution in [0.2, 0.25) is 0 Å². The van der Waals surface area contributed by atoms with Crippen molar-refractivity contribution in [1.82, 2.24) is 9.80 Å². The van der Waals surface area contributed by atoms with E-state index in [2.05, 4.69) is 0 Å². The number of carbonyl (C=O) groups excluding carboxylic acids is 2. The van der Waals surface area contributed by atoms with Crippen molar-refractivity contribution >= 4 is 24.2 Å². The minimum Gasteiger partial charge on any atom is -0.347 e. The molecule has 1 aromatic rings. The number of likely N-dealkylation sites (N-methyl/N-ethyl adjacent to an activating group) is 1. The number of carbonyl (C=O) groups is 2. The van der Waals surface area contributed by atoms with Crippen LogP contribution in [0.1, 0.15) is 31.4 Å². The summed E-state index contributed by atoms with van der Waals surface area (Å²) in [7, 11) is 3.45. The van der Waals surface area contributed by atoms with Gasteiger partial charge in [0.1, 0.15) is 6.04 Å². The average molecular weight is 340 g/mol. The van der Waals surface area contributed by atoms with Gasteiger partial charge in [0.15, 0.2) is 0 Å². The first kappa shape index (κ1) is 19.5. The quantitative estimate of drug-likeness (QED) is 0.910. The van der Waals surface area contributed by atoms with Crippen molar-refractivity contribution in [3.8, 4) is 0 Å². The monoisotopic (exact) mass is 339 g/mol. The van der Waals surface area contributed by atoms with Gasteiger partial charge in [-0.3, -0.25) is 9.59 Å². The summed E-state index contributed by atoms with van der Waals surface area (Å²) in [6, 6.07) is 8.93. The molecule has 0 bridgehead atoms. The van der Waals surface area contributed by atoms with Crippen LogP contribution in [0.15, 0.2) is 30.3 Å². The van der Waals surface area contributed by atoms with Gasteiger partial charge in [0, 0.05) is 26.7 Å². The molecule has 2 rings (SSSR count). The predicted octanol–water partition coefficient (Wildman–Crippen LogP) is 1.82. The summed E-state index contributed by atoms with van der Waals surface area (Å²) < 4.78 is 0. The highest BCUT2D eigenvalue weighted by molar-refractivity contribution is 5.89. The molecule has 0 saturated carbocycles. The molecule has 23 heavy (non-hydrogen) atoms. The molecular weight excluding hydrogens is 314 g/mol. The summed E-state index contributed by atoms with van der Waals surface area (Å²) >= 11 is 0.